The third kappa shape index (κ3) is 33.5. The summed E-state index contributed by atoms with van der Waals surface area (Å²) in [4.78, 5) is 12.8. The molecular weight excluding hydrogens is 757 g/mol. The molecule has 60 heavy (non-hydrogen) atoms. The van der Waals surface area contributed by atoms with Gasteiger partial charge in [-0.05, 0) is 38.5 Å². The fourth-order valence-electron chi connectivity index (χ4n) is 8.14. The Morgan fingerprint density at radius 1 is 0.517 bits per heavy atom. The van der Waals surface area contributed by atoms with E-state index in [0.717, 1.165) is 32.1 Å². The van der Waals surface area contributed by atoms with Crippen LogP contribution in [0.1, 0.15) is 245 Å². The minimum atomic E-state index is -1.53. The Balaban J connectivity index is 2.19. The van der Waals surface area contributed by atoms with E-state index in [1.165, 1.54) is 193 Å². The van der Waals surface area contributed by atoms with Gasteiger partial charge in [-0.1, -0.05) is 212 Å². The average molecular weight is 855 g/mol. The molecule has 1 heterocycles. The highest BCUT2D eigenvalue weighted by atomic mass is 16.7. The first-order valence-electron chi connectivity index (χ1n) is 25.8. The first-order chi connectivity index (χ1) is 29.4. The van der Waals surface area contributed by atoms with Gasteiger partial charge in [-0.25, -0.2) is 0 Å². The molecule has 0 aromatic rings. The van der Waals surface area contributed by atoms with E-state index in [1.54, 1.807) is 0 Å². The first kappa shape index (κ1) is 56.9. The van der Waals surface area contributed by atoms with Crippen molar-refractivity contribution in [2.24, 2.45) is 0 Å². The van der Waals surface area contributed by atoms with Gasteiger partial charge in [0, 0.05) is 13.0 Å². The molecule has 0 aromatic heterocycles. The molecule has 0 aromatic carbocycles. The zero-order valence-electron chi connectivity index (χ0n) is 39.2. The predicted molar refractivity (Wildman–Crippen MR) is 247 cm³/mol. The molecular formula is C51H98O9. The quantitative estimate of drug-likeness (QED) is 0.0268. The molecule has 9 heteroatoms. The van der Waals surface area contributed by atoms with Crippen molar-refractivity contribution in [3.63, 3.8) is 0 Å². The molecule has 0 radical (unpaired) electrons. The van der Waals surface area contributed by atoms with Crippen LogP contribution in [-0.4, -0.2) is 89.6 Å². The fourth-order valence-corrected chi connectivity index (χ4v) is 8.14. The van der Waals surface area contributed by atoms with E-state index in [0.29, 0.717) is 13.0 Å². The first-order valence-corrected chi connectivity index (χ1v) is 25.8. The number of esters is 1. The van der Waals surface area contributed by atoms with E-state index < -0.39 is 43.4 Å². The third-order valence-corrected chi connectivity index (χ3v) is 12.2. The summed E-state index contributed by atoms with van der Waals surface area (Å²) in [5.41, 5.74) is 0. The summed E-state index contributed by atoms with van der Waals surface area (Å²) >= 11 is 0. The van der Waals surface area contributed by atoms with E-state index in [-0.39, 0.29) is 19.2 Å². The van der Waals surface area contributed by atoms with Gasteiger partial charge in [0.25, 0.3) is 0 Å². The summed E-state index contributed by atoms with van der Waals surface area (Å²) in [6.07, 6.45) is 42.4. The number of carbonyl (C=O) groups excluding carboxylic acids is 1. The van der Waals surface area contributed by atoms with E-state index in [4.69, 9.17) is 18.9 Å². The molecule has 0 saturated carbocycles. The molecule has 0 bridgehead atoms. The van der Waals surface area contributed by atoms with Gasteiger partial charge in [0.15, 0.2) is 6.29 Å². The number of carbonyl (C=O) groups is 1. The summed E-state index contributed by atoms with van der Waals surface area (Å²) < 4.78 is 22.9. The van der Waals surface area contributed by atoms with Crippen LogP contribution >= 0.6 is 0 Å². The van der Waals surface area contributed by atoms with E-state index in [1.807, 2.05) is 0 Å². The van der Waals surface area contributed by atoms with Crippen molar-refractivity contribution in [1.82, 2.24) is 0 Å². The Kier molecular flexibility index (Phi) is 41.0. The molecule has 6 atom stereocenters. The molecule has 1 rings (SSSR count). The van der Waals surface area contributed by atoms with E-state index >= 15 is 0 Å². The summed E-state index contributed by atoms with van der Waals surface area (Å²) in [7, 11) is 0. The summed E-state index contributed by atoms with van der Waals surface area (Å²) in [5, 5.41) is 40.2. The highest BCUT2D eigenvalue weighted by Gasteiger charge is 2.44. The van der Waals surface area contributed by atoms with Crippen molar-refractivity contribution in [3.05, 3.63) is 12.2 Å². The lowest BCUT2D eigenvalue weighted by Crippen LogP contribution is -2.59. The van der Waals surface area contributed by atoms with Crippen molar-refractivity contribution in [1.29, 1.82) is 0 Å². The van der Waals surface area contributed by atoms with Gasteiger partial charge in [-0.3, -0.25) is 4.79 Å². The monoisotopic (exact) mass is 855 g/mol. The van der Waals surface area contributed by atoms with Crippen LogP contribution in [0.2, 0.25) is 0 Å². The van der Waals surface area contributed by atoms with Gasteiger partial charge < -0.3 is 39.4 Å². The Labute approximate surface area is 369 Å². The lowest BCUT2D eigenvalue weighted by atomic mass is 9.99. The SMILES string of the molecule is CCCCCCCCC/C=C\CCCCCCCCCCOCC(COC1OC(CO)C(O)C(O)C1O)OC(=O)CCCCCCCCCCCCCCCCCCCC. The molecule has 0 spiro atoms. The Bertz CT molecular complexity index is 930. The number of hydrogen-bond donors (Lipinski definition) is 4. The Hall–Kier alpha value is -1.07. The van der Waals surface area contributed by atoms with Crippen LogP contribution in [0.3, 0.4) is 0 Å². The Morgan fingerprint density at radius 3 is 1.35 bits per heavy atom. The largest absolute Gasteiger partial charge is 0.457 e. The predicted octanol–water partition coefficient (Wildman–Crippen LogP) is 12.4. The van der Waals surface area contributed by atoms with Crippen LogP contribution in [0.5, 0.6) is 0 Å². The molecule has 1 saturated heterocycles. The normalized spacial score (nSPS) is 20.0. The lowest BCUT2D eigenvalue weighted by molar-refractivity contribution is -0.305. The standard InChI is InChI=1S/C51H98O9/c1-3-5-7-9-11-13-15-17-19-21-23-25-27-29-31-33-35-37-39-41-57-43-45(44-58-51-50(56)49(55)48(54)46(42-52)60-51)59-47(53)40-38-36-34-32-30-28-26-24-22-20-18-16-14-12-10-8-6-4-2/h19,21,45-46,48-52,54-56H,3-18,20,22-44H2,1-2H3/b21-19-. The highest BCUT2D eigenvalue weighted by Crippen LogP contribution is 2.23. The molecule has 1 aliphatic heterocycles. The van der Waals surface area contributed by atoms with Gasteiger partial charge in [0.1, 0.15) is 30.5 Å². The summed E-state index contributed by atoms with van der Waals surface area (Å²) in [6, 6.07) is 0. The van der Waals surface area contributed by atoms with E-state index in [2.05, 4.69) is 26.0 Å². The topological polar surface area (TPSA) is 135 Å². The van der Waals surface area contributed by atoms with Crippen LogP contribution in [0.4, 0.5) is 0 Å². The molecule has 1 aliphatic rings. The zero-order chi connectivity index (χ0) is 43.6. The van der Waals surface area contributed by atoms with Gasteiger partial charge in [0.05, 0.1) is 19.8 Å². The number of hydrogen-bond acceptors (Lipinski definition) is 9. The number of rotatable bonds is 45. The fraction of sp³-hybridized carbons (Fsp3) is 0.941. The van der Waals surface area contributed by atoms with E-state index in [9.17, 15) is 25.2 Å². The lowest BCUT2D eigenvalue weighted by Gasteiger charge is -2.39. The number of unbranched alkanes of at least 4 members (excludes halogenated alkanes) is 32. The molecule has 0 amide bonds. The maximum Gasteiger partial charge on any atom is 0.306 e. The zero-order valence-corrected chi connectivity index (χ0v) is 39.2. The van der Waals surface area contributed by atoms with Crippen molar-refractivity contribution in [2.75, 3.05) is 26.4 Å². The van der Waals surface area contributed by atoms with Crippen LogP contribution in [-0.2, 0) is 23.7 Å². The van der Waals surface area contributed by atoms with Crippen molar-refractivity contribution < 1.29 is 44.2 Å². The number of allylic oxidation sites excluding steroid dienone is 2. The molecule has 356 valence electrons. The second-order valence-electron chi connectivity index (χ2n) is 18.0. The molecule has 1 fully saturated rings. The van der Waals surface area contributed by atoms with Gasteiger partial charge in [0.2, 0.25) is 0 Å². The number of aliphatic hydroxyl groups is 4. The average Bonchev–Trinajstić information content (AvgIpc) is 3.25. The van der Waals surface area contributed by atoms with Crippen LogP contribution in [0, 0.1) is 0 Å². The molecule has 0 aliphatic carbocycles. The maximum absolute atomic E-state index is 12.8. The smallest absolute Gasteiger partial charge is 0.306 e. The van der Waals surface area contributed by atoms with Crippen molar-refractivity contribution >= 4 is 5.97 Å². The molecule has 4 N–H and O–H groups in total. The second kappa shape index (κ2) is 43.2. The molecule has 6 unspecified atom stereocenters. The van der Waals surface area contributed by atoms with Gasteiger partial charge in [-0.15, -0.1) is 0 Å². The summed E-state index contributed by atoms with van der Waals surface area (Å²) in [6.45, 7) is 4.60. The minimum absolute atomic E-state index is 0.109. The summed E-state index contributed by atoms with van der Waals surface area (Å²) in [5.74, 6) is -0.308. The highest BCUT2D eigenvalue weighted by molar-refractivity contribution is 5.69. The third-order valence-electron chi connectivity index (χ3n) is 12.2. The second-order valence-corrected chi connectivity index (χ2v) is 18.0. The van der Waals surface area contributed by atoms with Crippen LogP contribution < -0.4 is 0 Å². The van der Waals surface area contributed by atoms with Crippen LogP contribution in [0.15, 0.2) is 12.2 Å². The Morgan fingerprint density at radius 2 is 0.917 bits per heavy atom. The maximum atomic E-state index is 12.8. The van der Waals surface area contributed by atoms with Crippen LogP contribution in [0.25, 0.3) is 0 Å². The number of aliphatic hydroxyl groups excluding tert-OH is 4. The minimum Gasteiger partial charge on any atom is -0.457 e. The van der Waals surface area contributed by atoms with Crippen molar-refractivity contribution in [3.8, 4) is 0 Å². The van der Waals surface area contributed by atoms with Crippen molar-refractivity contribution in [2.45, 2.75) is 282 Å². The number of ether oxygens (including phenoxy) is 4. The van der Waals surface area contributed by atoms with Gasteiger partial charge >= 0.3 is 5.97 Å². The van der Waals surface area contributed by atoms with Gasteiger partial charge in [-0.2, -0.15) is 0 Å². The molecule has 9 nitrogen and oxygen atoms in total.